The van der Waals surface area contributed by atoms with Crippen molar-refractivity contribution >= 4 is 38.1 Å². The van der Waals surface area contributed by atoms with Crippen molar-refractivity contribution in [2.75, 3.05) is 0 Å². The van der Waals surface area contributed by atoms with Gasteiger partial charge < -0.3 is 4.79 Å². The number of carbonyl (C=O) groups is 1. The van der Waals surface area contributed by atoms with Gasteiger partial charge in [0.2, 0.25) is 0 Å². The lowest BCUT2D eigenvalue weighted by atomic mass is 10.0. The molecular formula is C9H8Br2O. The topological polar surface area (TPSA) is 17.1 Å². The van der Waals surface area contributed by atoms with Gasteiger partial charge in [-0.15, -0.1) is 0 Å². The summed E-state index contributed by atoms with van der Waals surface area (Å²) in [6.07, 6.45) is 0.885. The molecule has 64 valence electrons. The van der Waals surface area contributed by atoms with Crippen LogP contribution in [0.15, 0.2) is 28.7 Å². The minimum absolute atomic E-state index is 0.562. The molecule has 1 aromatic rings. The van der Waals surface area contributed by atoms with Crippen LogP contribution < -0.4 is 0 Å². The molecule has 0 N–H and O–H groups in total. The molecule has 0 bridgehead atoms. The Morgan fingerprint density at radius 3 is 2.25 bits per heavy atom. The van der Waals surface area contributed by atoms with Crippen molar-refractivity contribution in [3.63, 3.8) is 0 Å². The van der Waals surface area contributed by atoms with Crippen LogP contribution in [0.25, 0.3) is 0 Å². The van der Waals surface area contributed by atoms with Crippen LogP contribution in [0.3, 0.4) is 0 Å². The van der Waals surface area contributed by atoms with Gasteiger partial charge in [-0.3, -0.25) is 0 Å². The van der Waals surface area contributed by atoms with Crippen LogP contribution in [-0.2, 0) is 9.12 Å². The Bertz CT molecular complexity index is 277. The van der Waals surface area contributed by atoms with Gasteiger partial charge in [-0.2, -0.15) is 0 Å². The molecule has 0 heterocycles. The summed E-state index contributed by atoms with van der Waals surface area (Å²) >= 11 is 6.66. The molecule has 0 spiro atoms. The van der Waals surface area contributed by atoms with Gasteiger partial charge in [-0.05, 0) is 24.6 Å². The van der Waals surface area contributed by atoms with E-state index in [1.807, 2.05) is 31.2 Å². The molecular weight excluding hydrogens is 284 g/mol. The van der Waals surface area contributed by atoms with Crippen LogP contribution >= 0.6 is 31.9 Å². The maximum Gasteiger partial charge on any atom is 0.140 e. The highest BCUT2D eigenvalue weighted by Crippen LogP contribution is 2.28. The van der Waals surface area contributed by atoms with Crippen molar-refractivity contribution in [2.45, 2.75) is 11.2 Å². The number of hydrogen-bond donors (Lipinski definition) is 0. The van der Waals surface area contributed by atoms with Gasteiger partial charge in [0.25, 0.3) is 0 Å². The number of hydrogen-bond acceptors (Lipinski definition) is 1. The van der Waals surface area contributed by atoms with Crippen LogP contribution in [0.2, 0.25) is 0 Å². The van der Waals surface area contributed by atoms with E-state index in [0.29, 0.717) is 0 Å². The monoisotopic (exact) mass is 290 g/mol. The summed E-state index contributed by atoms with van der Waals surface area (Å²) < 4.78 is 0.452. The highest BCUT2D eigenvalue weighted by Gasteiger charge is 2.20. The summed E-state index contributed by atoms with van der Waals surface area (Å²) in [7, 11) is 0. The number of rotatable bonds is 2. The molecule has 0 radical (unpaired) electrons. The van der Waals surface area contributed by atoms with Crippen LogP contribution in [0.4, 0.5) is 0 Å². The summed E-state index contributed by atoms with van der Waals surface area (Å²) in [6.45, 7) is 1.82. The first kappa shape index (κ1) is 9.93. The highest BCUT2D eigenvalue weighted by molar-refractivity contribution is 9.10. The average Bonchev–Trinajstić information content (AvgIpc) is 2.05. The number of halogens is 2. The zero-order chi connectivity index (χ0) is 9.19. The summed E-state index contributed by atoms with van der Waals surface area (Å²) in [5, 5.41) is 0. The van der Waals surface area contributed by atoms with E-state index >= 15 is 0 Å². The molecule has 0 aromatic heterocycles. The van der Waals surface area contributed by atoms with Crippen molar-refractivity contribution in [2.24, 2.45) is 0 Å². The Morgan fingerprint density at radius 2 is 1.83 bits per heavy atom. The van der Waals surface area contributed by atoms with E-state index in [1.165, 1.54) is 0 Å². The van der Waals surface area contributed by atoms with Crippen LogP contribution in [0, 0.1) is 0 Å². The van der Waals surface area contributed by atoms with E-state index in [9.17, 15) is 4.79 Å². The minimum Gasteiger partial charge on any atom is -0.301 e. The second-order valence-corrected chi connectivity index (χ2v) is 5.26. The third-order valence-corrected chi connectivity index (χ3v) is 2.80. The molecule has 1 rings (SSSR count). The lowest BCUT2D eigenvalue weighted by Gasteiger charge is -2.14. The van der Waals surface area contributed by atoms with Crippen LogP contribution in [0.5, 0.6) is 0 Å². The number of benzene rings is 1. The zero-order valence-corrected chi connectivity index (χ0v) is 9.72. The summed E-state index contributed by atoms with van der Waals surface area (Å²) in [5.41, 5.74) is 0.959. The highest BCUT2D eigenvalue weighted by atomic mass is 79.9. The van der Waals surface area contributed by atoms with Gasteiger partial charge in [-0.25, -0.2) is 0 Å². The Kier molecular flexibility index (Phi) is 3.07. The first-order valence-corrected chi connectivity index (χ1v) is 5.06. The largest absolute Gasteiger partial charge is 0.301 e. The Labute approximate surface area is 88.4 Å². The average molecular weight is 292 g/mol. The lowest BCUT2D eigenvalue weighted by Crippen LogP contribution is -2.13. The maximum atomic E-state index is 10.7. The molecule has 1 nitrogen and oxygen atoms in total. The fourth-order valence-corrected chi connectivity index (χ4v) is 1.37. The first-order valence-electron chi connectivity index (χ1n) is 3.47. The van der Waals surface area contributed by atoms with E-state index < -0.39 is 4.32 Å². The standard InChI is InChI=1S/C9H8Br2O/c1-9(11,6-12)7-2-4-8(10)5-3-7/h2-6H,1H3. The normalized spacial score (nSPS) is 15.2. The van der Waals surface area contributed by atoms with Crippen molar-refractivity contribution in [3.05, 3.63) is 34.3 Å². The molecule has 0 aliphatic rings. The van der Waals surface area contributed by atoms with Crippen LogP contribution in [-0.4, -0.2) is 6.29 Å². The van der Waals surface area contributed by atoms with Gasteiger partial charge in [0.15, 0.2) is 0 Å². The zero-order valence-electron chi connectivity index (χ0n) is 6.55. The SMILES string of the molecule is CC(Br)(C=O)c1ccc(Br)cc1. The van der Waals surface area contributed by atoms with E-state index in [-0.39, 0.29) is 0 Å². The molecule has 0 saturated carbocycles. The maximum absolute atomic E-state index is 10.7. The quantitative estimate of drug-likeness (QED) is 0.604. The third kappa shape index (κ3) is 2.17. The molecule has 1 atom stereocenters. The molecule has 0 aliphatic heterocycles. The molecule has 0 aliphatic carbocycles. The molecule has 3 heteroatoms. The summed E-state index contributed by atoms with van der Waals surface area (Å²) in [6, 6.07) is 7.65. The smallest absolute Gasteiger partial charge is 0.140 e. The Hall–Kier alpha value is -0.150. The Balaban J connectivity index is 3.04. The first-order chi connectivity index (χ1) is 5.56. The summed E-state index contributed by atoms with van der Waals surface area (Å²) in [4.78, 5) is 10.7. The molecule has 1 unspecified atom stereocenters. The van der Waals surface area contributed by atoms with Crippen molar-refractivity contribution in [1.82, 2.24) is 0 Å². The second kappa shape index (κ2) is 3.71. The van der Waals surface area contributed by atoms with E-state index in [2.05, 4.69) is 31.9 Å². The fourth-order valence-electron chi connectivity index (χ4n) is 0.844. The third-order valence-electron chi connectivity index (χ3n) is 1.63. The lowest BCUT2D eigenvalue weighted by molar-refractivity contribution is -0.109. The minimum atomic E-state index is -0.562. The number of carbonyl (C=O) groups excluding carboxylic acids is 1. The van der Waals surface area contributed by atoms with E-state index in [1.54, 1.807) is 0 Å². The van der Waals surface area contributed by atoms with Gasteiger partial charge >= 0.3 is 0 Å². The van der Waals surface area contributed by atoms with Crippen molar-refractivity contribution < 1.29 is 4.79 Å². The number of alkyl halides is 1. The fraction of sp³-hybridized carbons (Fsp3) is 0.222. The van der Waals surface area contributed by atoms with Gasteiger partial charge in [0, 0.05) is 4.47 Å². The van der Waals surface area contributed by atoms with Gasteiger partial charge in [-0.1, -0.05) is 44.0 Å². The van der Waals surface area contributed by atoms with E-state index in [4.69, 9.17) is 0 Å². The number of aldehydes is 1. The van der Waals surface area contributed by atoms with Crippen molar-refractivity contribution in [3.8, 4) is 0 Å². The van der Waals surface area contributed by atoms with Gasteiger partial charge in [0.1, 0.15) is 10.6 Å². The molecule has 0 saturated heterocycles. The van der Waals surface area contributed by atoms with Crippen LogP contribution in [0.1, 0.15) is 12.5 Å². The van der Waals surface area contributed by atoms with Gasteiger partial charge in [0.05, 0.1) is 0 Å². The Morgan fingerprint density at radius 1 is 1.33 bits per heavy atom. The van der Waals surface area contributed by atoms with Crippen molar-refractivity contribution in [1.29, 1.82) is 0 Å². The second-order valence-electron chi connectivity index (χ2n) is 2.70. The predicted molar refractivity (Wildman–Crippen MR) is 56.5 cm³/mol. The molecule has 0 fully saturated rings. The molecule has 0 amide bonds. The van der Waals surface area contributed by atoms with E-state index in [0.717, 1.165) is 16.3 Å². The molecule has 1 aromatic carbocycles. The summed E-state index contributed by atoms with van der Waals surface area (Å²) in [5.74, 6) is 0. The molecule has 12 heavy (non-hydrogen) atoms. The predicted octanol–water partition coefficient (Wildman–Crippen LogP) is 3.26.